The lowest BCUT2D eigenvalue weighted by Crippen LogP contribution is -2.18. The third-order valence-corrected chi connectivity index (χ3v) is 1.67. The Morgan fingerprint density at radius 3 is 3.08 bits per heavy atom. The molecular formula is C9H9N3. The van der Waals surface area contributed by atoms with E-state index in [1.165, 1.54) is 0 Å². The third kappa shape index (κ3) is 1.34. The lowest BCUT2D eigenvalue weighted by Gasteiger charge is -2.18. The maximum atomic E-state index is 4.12. The minimum atomic E-state index is 0.683. The normalized spacial score (nSPS) is 15.2. The number of nitrogens with zero attached hydrogens (tertiary/aromatic N) is 3. The Morgan fingerprint density at radius 1 is 1.42 bits per heavy atom. The minimum absolute atomic E-state index is 0.683. The summed E-state index contributed by atoms with van der Waals surface area (Å²) in [7, 11) is 0. The highest BCUT2D eigenvalue weighted by Crippen LogP contribution is 2.12. The van der Waals surface area contributed by atoms with Crippen LogP contribution in [0.1, 0.15) is 0 Å². The van der Waals surface area contributed by atoms with Crippen LogP contribution in [0.2, 0.25) is 0 Å². The summed E-state index contributed by atoms with van der Waals surface area (Å²) in [5.41, 5.74) is 1.07. The van der Waals surface area contributed by atoms with Crippen molar-refractivity contribution in [1.29, 1.82) is 0 Å². The van der Waals surface area contributed by atoms with E-state index in [2.05, 4.69) is 9.98 Å². The van der Waals surface area contributed by atoms with E-state index in [0.29, 0.717) is 6.67 Å². The molecule has 0 aromatic carbocycles. The smallest absolute Gasteiger partial charge is 0.114 e. The highest BCUT2D eigenvalue weighted by molar-refractivity contribution is 5.73. The quantitative estimate of drug-likeness (QED) is 0.620. The molecule has 1 aliphatic rings. The Hall–Kier alpha value is -1.64. The Kier molecular flexibility index (Phi) is 1.86. The molecule has 3 nitrogen and oxygen atoms in total. The van der Waals surface area contributed by atoms with E-state index in [1.54, 1.807) is 12.4 Å². The Morgan fingerprint density at radius 2 is 2.42 bits per heavy atom. The van der Waals surface area contributed by atoms with Gasteiger partial charge in [-0.15, -0.1) is 0 Å². The third-order valence-electron chi connectivity index (χ3n) is 1.67. The fourth-order valence-electron chi connectivity index (χ4n) is 1.08. The lowest BCUT2D eigenvalue weighted by molar-refractivity contribution is 0.964. The molecule has 2 rings (SSSR count). The molecule has 0 saturated heterocycles. The molecule has 0 amide bonds. The van der Waals surface area contributed by atoms with Crippen molar-refractivity contribution in [3.8, 4) is 0 Å². The van der Waals surface area contributed by atoms with E-state index in [0.717, 1.165) is 5.69 Å². The van der Waals surface area contributed by atoms with Crippen molar-refractivity contribution < 1.29 is 0 Å². The minimum Gasteiger partial charge on any atom is -0.327 e. The summed E-state index contributed by atoms with van der Waals surface area (Å²) < 4.78 is 0. The molecule has 12 heavy (non-hydrogen) atoms. The van der Waals surface area contributed by atoms with Crippen LogP contribution in [0, 0.1) is 0 Å². The van der Waals surface area contributed by atoms with Crippen molar-refractivity contribution in [3.63, 3.8) is 0 Å². The summed E-state index contributed by atoms with van der Waals surface area (Å²) in [5.74, 6) is 0. The second-order valence-electron chi connectivity index (χ2n) is 2.50. The van der Waals surface area contributed by atoms with Gasteiger partial charge in [-0.25, -0.2) is 0 Å². The molecule has 0 aliphatic carbocycles. The number of aromatic nitrogens is 1. The number of pyridine rings is 1. The van der Waals surface area contributed by atoms with Crippen LogP contribution >= 0.6 is 0 Å². The highest BCUT2D eigenvalue weighted by Gasteiger charge is 2.01. The molecule has 0 N–H and O–H groups in total. The number of aliphatic imine (C=N–C) groups is 1. The molecule has 0 spiro atoms. The molecule has 0 unspecified atom stereocenters. The van der Waals surface area contributed by atoms with Crippen LogP contribution in [-0.4, -0.2) is 17.9 Å². The molecule has 1 aliphatic heterocycles. The molecular weight excluding hydrogens is 150 g/mol. The van der Waals surface area contributed by atoms with Crippen molar-refractivity contribution in [2.45, 2.75) is 0 Å². The number of anilines is 1. The Bertz CT molecular complexity index is 303. The lowest BCUT2D eigenvalue weighted by atomic mass is 10.4. The Labute approximate surface area is 71.1 Å². The Balaban J connectivity index is 2.21. The van der Waals surface area contributed by atoms with Gasteiger partial charge in [0.05, 0.1) is 11.9 Å². The highest BCUT2D eigenvalue weighted by atomic mass is 15.2. The fraction of sp³-hybridized carbons (Fsp3) is 0.111. The van der Waals surface area contributed by atoms with E-state index in [9.17, 15) is 0 Å². The van der Waals surface area contributed by atoms with Crippen molar-refractivity contribution in [2.24, 2.45) is 4.99 Å². The first-order valence-corrected chi connectivity index (χ1v) is 3.80. The second kappa shape index (κ2) is 3.17. The molecule has 0 bridgehead atoms. The molecule has 2 heterocycles. The first-order valence-electron chi connectivity index (χ1n) is 3.80. The molecule has 0 fully saturated rings. The molecule has 3 heteroatoms. The van der Waals surface area contributed by atoms with Crippen LogP contribution in [0.5, 0.6) is 0 Å². The van der Waals surface area contributed by atoms with E-state index in [1.807, 2.05) is 35.5 Å². The van der Waals surface area contributed by atoms with Crippen LogP contribution in [0.15, 0.2) is 41.8 Å². The van der Waals surface area contributed by atoms with Gasteiger partial charge in [-0.1, -0.05) is 0 Å². The zero-order valence-electron chi connectivity index (χ0n) is 6.59. The van der Waals surface area contributed by atoms with Gasteiger partial charge in [0.2, 0.25) is 0 Å². The molecule has 60 valence electrons. The summed E-state index contributed by atoms with van der Waals surface area (Å²) in [6.07, 6.45) is 9.29. The summed E-state index contributed by atoms with van der Waals surface area (Å²) in [5, 5.41) is 0. The van der Waals surface area contributed by atoms with E-state index in [-0.39, 0.29) is 0 Å². The van der Waals surface area contributed by atoms with Gasteiger partial charge >= 0.3 is 0 Å². The van der Waals surface area contributed by atoms with Crippen LogP contribution in [0.3, 0.4) is 0 Å². The zero-order chi connectivity index (χ0) is 8.23. The van der Waals surface area contributed by atoms with Gasteiger partial charge in [-0.2, -0.15) is 0 Å². The average Bonchev–Trinajstić information content (AvgIpc) is 2.21. The first kappa shape index (κ1) is 7.03. The summed E-state index contributed by atoms with van der Waals surface area (Å²) in [4.78, 5) is 10.2. The van der Waals surface area contributed by atoms with Gasteiger partial charge in [-0.05, 0) is 18.2 Å². The average molecular weight is 159 g/mol. The summed E-state index contributed by atoms with van der Waals surface area (Å²) >= 11 is 0. The van der Waals surface area contributed by atoms with E-state index >= 15 is 0 Å². The fourth-order valence-corrected chi connectivity index (χ4v) is 1.08. The predicted molar refractivity (Wildman–Crippen MR) is 49.2 cm³/mol. The summed E-state index contributed by atoms with van der Waals surface area (Å²) in [6.45, 7) is 0.683. The number of hydrogen-bond donors (Lipinski definition) is 0. The van der Waals surface area contributed by atoms with Crippen LogP contribution in [-0.2, 0) is 0 Å². The van der Waals surface area contributed by atoms with E-state index < -0.39 is 0 Å². The number of hydrogen-bond acceptors (Lipinski definition) is 3. The molecule has 0 radical (unpaired) electrons. The van der Waals surface area contributed by atoms with Crippen LogP contribution in [0.4, 0.5) is 5.69 Å². The first-order chi connectivity index (χ1) is 5.97. The van der Waals surface area contributed by atoms with Crippen molar-refractivity contribution in [3.05, 3.63) is 36.8 Å². The van der Waals surface area contributed by atoms with Gasteiger partial charge in [-0.3, -0.25) is 9.98 Å². The zero-order valence-corrected chi connectivity index (χ0v) is 6.59. The SMILES string of the molecule is C1=CN(c2cccnc2)CN=C1. The number of allylic oxidation sites excluding steroid dienone is 1. The van der Waals surface area contributed by atoms with Gasteiger partial charge in [0.15, 0.2) is 0 Å². The molecule has 0 saturated carbocycles. The van der Waals surface area contributed by atoms with Gasteiger partial charge in [0.1, 0.15) is 6.67 Å². The second-order valence-corrected chi connectivity index (χ2v) is 2.50. The maximum absolute atomic E-state index is 4.12. The molecule has 1 aromatic rings. The maximum Gasteiger partial charge on any atom is 0.114 e. The standard InChI is InChI=1S/C9H9N3/c1-3-9(7-10-4-1)12-6-2-5-11-8-12/h1-7H,8H2. The summed E-state index contributed by atoms with van der Waals surface area (Å²) in [6, 6.07) is 3.93. The van der Waals surface area contributed by atoms with Crippen molar-refractivity contribution in [1.82, 2.24) is 4.98 Å². The monoisotopic (exact) mass is 159 g/mol. The largest absolute Gasteiger partial charge is 0.327 e. The molecule has 0 atom stereocenters. The van der Waals surface area contributed by atoms with Crippen LogP contribution in [0.25, 0.3) is 0 Å². The van der Waals surface area contributed by atoms with Crippen LogP contribution < -0.4 is 4.90 Å². The van der Waals surface area contributed by atoms with Gasteiger partial charge in [0, 0.05) is 18.6 Å². The predicted octanol–water partition coefficient (Wildman–Crippen LogP) is 1.44. The molecule has 1 aromatic heterocycles. The number of rotatable bonds is 1. The topological polar surface area (TPSA) is 28.5 Å². The van der Waals surface area contributed by atoms with Crippen molar-refractivity contribution in [2.75, 3.05) is 11.6 Å². The van der Waals surface area contributed by atoms with E-state index in [4.69, 9.17) is 0 Å². The van der Waals surface area contributed by atoms with Gasteiger partial charge in [0.25, 0.3) is 0 Å². The van der Waals surface area contributed by atoms with Gasteiger partial charge < -0.3 is 4.90 Å². The van der Waals surface area contributed by atoms with Crippen molar-refractivity contribution >= 4 is 11.9 Å².